The monoisotopic (exact) mass is 272 g/mol. The Hall–Kier alpha value is -0.613. The van der Waals surface area contributed by atoms with Crippen LogP contribution in [0, 0.1) is 0 Å². The van der Waals surface area contributed by atoms with Gasteiger partial charge in [-0.1, -0.05) is 25.3 Å². The topological polar surface area (TPSA) is 35.5 Å². The molecule has 0 saturated carbocycles. The van der Waals surface area contributed by atoms with Gasteiger partial charge in [0.05, 0.1) is 6.61 Å². The van der Waals surface area contributed by atoms with Crippen molar-refractivity contribution in [1.29, 1.82) is 0 Å². The zero-order valence-corrected chi connectivity index (χ0v) is 13.3. The molecule has 4 heteroatoms. The lowest BCUT2D eigenvalue weighted by molar-refractivity contribution is -0.137. The first-order valence-corrected chi connectivity index (χ1v) is 10.1. The van der Waals surface area contributed by atoms with E-state index in [0.29, 0.717) is 6.61 Å². The fraction of sp³-hybridized carbons (Fsp3) is 0.786. The summed E-state index contributed by atoms with van der Waals surface area (Å²) >= 11 is 0. The summed E-state index contributed by atoms with van der Waals surface area (Å²) in [6, 6.07) is 1.22. The largest absolute Gasteiger partial charge is 0.463 e. The first kappa shape index (κ1) is 17.4. The third kappa shape index (κ3) is 10.5. The predicted octanol–water partition coefficient (Wildman–Crippen LogP) is 3.91. The van der Waals surface area contributed by atoms with Crippen LogP contribution in [0.1, 0.15) is 39.5 Å². The molecule has 0 unspecified atom stereocenters. The van der Waals surface area contributed by atoms with Gasteiger partial charge in [-0.3, -0.25) is 0 Å². The third-order valence-electron chi connectivity index (χ3n) is 2.76. The fourth-order valence-electron chi connectivity index (χ4n) is 1.83. The van der Waals surface area contributed by atoms with Crippen LogP contribution in [0.15, 0.2) is 12.2 Å². The smallest absolute Gasteiger partial charge is 0.330 e. The molecule has 0 amide bonds. The minimum absolute atomic E-state index is 0.234. The summed E-state index contributed by atoms with van der Waals surface area (Å²) in [4.78, 5) is 11.0. The van der Waals surface area contributed by atoms with Crippen molar-refractivity contribution >= 4 is 14.3 Å². The van der Waals surface area contributed by atoms with Gasteiger partial charge < -0.3 is 9.16 Å². The molecule has 0 heterocycles. The standard InChI is InChI=1S/C14H28O3Si/c1-5-11-14(15)16-12-9-7-8-10-13-18(3,4)17-6-2/h5,11H,6-10,12-13H2,1-4H3. The molecule has 3 nitrogen and oxygen atoms in total. The molecule has 0 aliphatic rings. The van der Waals surface area contributed by atoms with Crippen molar-refractivity contribution in [3.63, 3.8) is 0 Å². The molecule has 0 N–H and O–H groups in total. The molecule has 0 aromatic carbocycles. The van der Waals surface area contributed by atoms with Gasteiger partial charge in [-0.15, -0.1) is 0 Å². The molecule has 0 radical (unpaired) electrons. The fourth-order valence-corrected chi connectivity index (χ4v) is 3.85. The highest BCUT2D eigenvalue weighted by Gasteiger charge is 2.20. The lowest BCUT2D eigenvalue weighted by Crippen LogP contribution is -2.29. The van der Waals surface area contributed by atoms with E-state index in [-0.39, 0.29) is 5.97 Å². The molecule has 0 rings (SSSR count). The molecular weight excluding hydrogens is 244 g/mol. The van der Waals surface area contributed by atoms with Gasteiger partial charge in [-0.05, 0) is 39.4 Å². The van der Waals surface area contributed by atoms with Crippen LogP contribution in [0.5, 0.6) is 0 Å². The number of rotatable bonds is 10. The van der Waals surface area contributed by atoms with Gasteiger partial charge in [0.25, 0.3) is 0 Å². The molecule has 0 aromatic heterocycles. The Morgan fingerprint density at radius 2 is 1.83 bits per heavy atom. The summed E-state index contributed by atoms with van der Waals surface area (Å²) in [7, 11) is -1.39. The van der Waals surface area contributed by atoms with Crippen LogP contribution in [0.2, 0.25) is 19.1 Å². The zero-order chi connectivity index (χ0) is 13.9. The molecule has 0 aliphatic carbocycles. The van der Waals surface area contributed by atoms with Crippen LogP contribution in [0.25, 0.3) is 0 Å². The second kappa shape index (κ2) is 10.3. The SMILES string of the molecule is CC=CC(=O)OCCCCCC[Si](C)(C)OCC. The van der Waals surface area contributed by atoms with Crippen LogP contribution in [0.4, 0.5) is 0 Å². The first-order valence-electron chi connectivity index (χ1n) is 6.95. The highest BCUT2D eigenvalue weighted by molar-refractivity contribution is 6.71. The van der Waals surface area contributed by atoms with E-state index in [0.717, 1.165) is 19.4 Å². The number of unbranched alkanes of at least 4 members (excludes halogenated alkanes) is 3. The minimum atomic E-state index is -1.39. The maximum absolute atomic E-state index is 11.0. The molecule has 0 spiro atoms. The maximum Gasteiger partial charge on any atom is 0.330 e. The van der Waals surface area contributed by atoms with Gasteiger partial charge in [0.2, 0.25) is 0 Å². The van der Waals surface area contributed by atoms with E-state index in [2.05, 4.69) is 20.0 Å². The number of ether oxygens (including phenoxy) is 1. The summed E-state index contributed by atoms with van der Waals surface area (Å²) in [6.45, 7) is 9.79. The predicted molar refractivity (Wildman–Crippen MR) is 78.2 cm³/mol. The molecule has 18 heavy (non-hydrogen) atoms. The number of hydrogen-bond donors (Lipinski definition) is 0. The van der Waals surface area contributed by atoms with Gasteiger partial charge >= 0.3 is 5.97 Å². The Bertz CT molecular complexity index is 249. The highest BCUT2D eigenvalue weighted by atomic mass is 28.4. The van der Waals surface area contributed by atoms with Gasteiger partial charge in [0, 0.05) is 12.7 Å². The molecule has 0 fully saturated rings. The Morgan fingerprint density at radius 1 is 1.17 bits per heavy atom. The zero-order valence-electron chi connectivity index (χ0n) is 12.3. The maximum atomic E-state index is 11.0. The number of hydrogen-bond acceptors (Lipinski definition) is 3. The minimum Gasteiger partial charge on any atom is -0.463 e. The summed E-state index contributed by atoms with van der Waals surface area (Å²) in [6.07, 6.45) is 7.66. The van der Waals surface area contributed by atoms with Crippen LogP contribution in [-0.2, 0) is 14.0 Å². The molecule has 106 valence electrons. The van der Waals surface area contributed by atoms with Crippen molar-refractivity contribution in [2.24, 2.45) is 0 Å². The van der Waals surface area contributed by atoms with E-state index in [4.69, 9.17) is 9.16 Å². The normalized spacial score (nSPS) is 12.0. The molecule has 0 bridgehead atoms. The van der Waals surface area contributed by atoms with Crippen molar-refractivity contribution in [1.82, 2.24) is 0 Å². The van der Waals surface area contributed by atoms with Crippen molar-refractivity contribution < 1.29 is 14.0 Å². The van der Waals surface area contributed by atoms with E-state index < -0.39 is 8.32 Å². The lowest BCUT2D eigenvalue weighted by atomic mass is 10.2. The van der Waals surface area contributed by atoms with Crippen molar-refractivity contribution in [3.05, 3.63) is 12.2 Å². The van der Waals surface area contributed by atoms with Crippen molar-refractivity contribution in [3.8, 4) is 0 Å². The van der Waals surface area contributed by atoms with Crippen molar-refractivity contribution in [2.75, 3.05) is 13.2 Å². The number of esters is 1. The van der Waals surface area contributed by atoms with Crippen LogP contribution in [0.3, 0.4) is 0 Å². The van der Waals surface area contributed by atoms with Crippen LogP contribution in [-0.4, -0.2) is 27.5 Å². The Balaban J connectivity index is 3.38. The molecular formula is C14H28O3Si. The highest BCUT2D eigenvalue weighted by Crippen LogP contribution is 2.16. The van der Waals surface area contributed by atoms with Gasteiger partial charge in [0.15, 0.2) is 8.32 Å². The van der Waals surface area contributed by atoms with Crippen molar-refractivity contribution in [2.45, 2.75) is 58.7 Å². The van der Waals surface area contributed by atoms with Crippen LogP contribution < -0.4 is 0 Å². The van der Waals surface area contributed by atoms with Gasteiger partial charge in [-0.25, -0.2) is 4.79 Å². The van der Waals surface area contributed by atoms with E-state index in [1.54, 1.807) is 6.08 Å². The number of allylic oxidation sites excluding steroid dienone is 1. The summed E-state index contributed by atoms with van der Waals surface area (Å²) in [5.74, 6) is -0.234. The average Bonchev–Trinajstić information content (AvgIpc) is 2.28. The molecule has 0 saturated heterocycles. The van der Waals surface area contributed by atoms with E-state index in [1.807, 2.05) is 6.92 Å². The Kier molecular flexibility index (Phi) is 9.97. The number of carbonyl (C=O) groups is 1. The molecule has 0 atom stereocenters. The summed E-state index contributed by atoms with van der Waals surface area (Å²) < 4.78 is 10.8. The second-order valence-corrected chi connectivity index (χ2v) is 9.33. The molecule has 0 aromatic rings. The summed E-state index contributed by atoms with van der Waals surface area (Å²) in [5, 5.41) is 0. The van der Waals surface area contributed by atoms with E-state index in [1.165, 1.54) is 25.0 Å². The number of carbonyl (C=O) groups excluding carboxylic acids is 1. The van der Waals surface area contributed by atoms with E-state index >= 15 is 0 Å². The molecule has 0 aliphatic heterocycles. The summed E-state index contributed by atoms with van der Waals surface area (Å²) in [5.41, 5.74) is 0. The Morgan fingerprint density at radius 3 is 2.44 bits per heavy atom. The Labute approximate surface area is 113 Å². The second-order valence-electron chi connectivity index (χ2n) is 5.02. The first-order chi connectivity index (χ1) is 8.52. The van der Waals surface area contributed by atoms with Crippen LogP contribution >= 0.6 is 0 Å². The quantitative estimate of drug-likeness (QED) is 0.262. The van der Waals surface area contributed by atoms with Gasteiger partial charge in [0.1, 0.15) is 0 Å². The lowest BCUT2D eigenvalue weighted by Gasteiger charge is -2.21. The van der Waals surface area contributed by atoms with E-state index in [9.17, 15) is 4.79 Å². The third-order valence-corrected chi connectivity index (χ3v) is 5.38. The average molecular weight is 272 g/mol. The van der Waals surface area contributed by atoms with Gasteiger partial charge in [-0.2, -0.15) is 0 Å².